The second-order valence-electron chi connectivity index (χ2n) is 7.22. The third-order valence-electron chi connectivity index (χ3n) is 5.26. The zero-order valence-electron chi connectivity index (χ0n) is 16.4. The largest absolute Gasteiger partial charge is 0.458 e. The minimum absolute atomic E-state index is 0.0311. The fourth-order valence-electron chi connectivity index (χ4n) is 3.51. The van der Waals surface area contributed by atoms with Crippen LogP contribution in [0.25, 0.3) is 11.1 Å². The van der Waals surface area contributed by atoms with Gasteiger partial charge >= 0.3 is 0 Å². The van der Waals surface area contributed by atoms with Gasteiger partial charge in [0.2, 0.25) is 5.76 Å². The lowest BCUT2D eigenvalue weighted by Gasteiger charge is -2.34. The molecule has 0 unspecified atom stereocenters. The Kier molecular flexibility index (Phi) is 5.38. The number of carbonyl (C=O) groups excluding carboxylic acids is 1. The number of hydrogen-bond acceptors (Lipinski definition) is 6. The van der Waals surface area contributed by atoms with Crippen LogP contribution in [0, 0.1) is 18.3 Å². The van der Waals surface area contributed by atoms with Crippen molar-refractivity contribution in [3.63, 3.8) is 0 Å². The van der Waals surface area contributed by atoms with Gasteiger partial charge in [-0.15, -0.1) is 0 Å². The molecule has 148 valence electrons. The molecule has 3 aromatic rings. The molecule has 2 aromatic heterocycles. The summed E-state index contributed by atoms with van der Waals surface area (Å²) in [6, 6.07) is 9.60. The predicted molar refractivity (Wildman–Crippen MR) is 116 cm³/mol. The maximum atomic E-state index is 12.7. The molecule has 4 rings (SSSR count). The fraction of sp³-hybridized carbons (Fsp3) is 0.273. The summed E-state index contributed by atoms with van der Waals surface area (Å²) in [6.45, 7) is 6.08. The summed E-state index contributed by atoms with van der Waals surface area (Å²) in [6.07, 6.45) is 1.36. The molecule has 0 radical (unpaired) electrons. The highest BCUT2D eigenvalue weighted by atomic mass is 32.1. The summed E-state index contributed by atoms with van der Waals surface area (Å²) in [4.78, 5) is 17.4. The molecule has 7 heteroatoms. The summed E-state index contributed by atoms with van der Waals surface area (Å²) in [7, 11) is 2.14. The number of anilines is 2. The normalized spacial score (nSPS) is 14.6. The van der Waals surface area contributed by atoms with E-state index < -0.39 is 5.91 Å². The van der Waals surface area contributed by atoms with Crippen molar-refractivity contribution in [1.82, 2.24) is 4.90 Å². The van der Waals surface area contributed by atoms with Crippen molar-refractivity contribution in [3.05, 3.63) is 58.2 Å². The molecule has 6 nitrogen and oxygen atoms in total. The number of rotatable bonds is 4. The van der Waals surface area contributed by atoms with Crippen LogP contribution in [0.2, 0.25) is 0 Å². The van der Waals surface area contributed by atoms with Gasteiger partial charge in [0, 0.05) is 43.1 Å². The van der Waals surface area contributed by atoms with Crippen molar-refractivity contribution in [2.45, 2.75) is 6.92 Å². The number of benzene rings is 1. The van der Waals surface area contributed by atoms with Gasteiger partial charge in [-0.05, 0) is 60.1 Å². The molecule has 1 aliphatic rings. The van der Waals surface area contributed by atoms with Gasteiger partial charge < -0.3 is 19.5 Å². The molecule has 1 N–H and O–H groups in total. The van der Waals surface area contributed by atoms with Gasteiger partial charge in [-0.25, -0.2) is 0 Å². The molecule has 0 saturated carbocycles. The first kappa shape index (κ1) is 19.2. The van der Waals surface area contributed by atoms with E-state index in [1.807, 2.05) is 18.2 Å². The van der Waals surface area contributed by atoms with E-state index in [4.69, 9.17) is 9.68 Å². The summed E-state index contributed by atoms with van der Waals surface area (Å²) < 4.78 is 5.23. The molecule has 3 heterocycles. The molecular weight excluding hydrogens is 384 g/mol. The fourth-order valence-corrected chi connectivity index (χ4v) is 4.36. The number of nitriles is 1. The van der Waals surface area contributed by atoms with Gasteiger partial charge in [0.25, 0.3) is 5.91 Å². The number of nitrogens with zero attached hydrogens (tertiary/aromatic N) is 3. The van der Waals surface area contributed by atoms with Crippen LogP contribution in [-0.2, 0) is 0 Å². The highest BCUT2D eigenvalue weighted by Crippen LogP contribution is 2.36. The van der Waals surface area contributed by atoms with Crippen molar-refractivity contribution in [2.24, 2.45) is 0 Å². The van der Waals surface area contributed by atoms with Gasteiger partial charge in [0.1, 0.15) is 11.6 Å². The van der Waals surface area contributed by atoms with Crippen molar-refractivity contribution in [3.8, 4) is 17.2 Å². The van der Waals surface area contributed by atoms with E-state index in [-0.39, 0.29) is 11.3 Å². The van der Waals surface area contributed by atoms with Crippen LogP contribution >= 0.6 is 11.3 Å². The number of amides is 1. The molecule has 29 heavy (non-hydrogen) atoms. The summed E-state index contributed by atoms with van der Waals surface area (Å²) >= 11 is 1.64. The topological polar surface area (TPSA) is 72.5 Å². The van der Waals surface area contributed by atoms with Crippen LogP contribution in [0.15, 0.2) is 45.7 Å². The van der Waals surface area contributed by atoms with E-state index in [0.29, 0.717) is 5.69 Å². The molecule has 0 aliphatic carbocycles. The first-order valence-corrected chi connectivity index (χ1v) is 10.4. The average Bonchev–Trinajstić information content (AvgIpc) is 3.37. The predicted octanol–water partition coefficient (Wildman–Crippen LogP) is 4.19. The zero-order valence-corrected chi connectivity index (χ0v) is 17.3. The Morgan fingerprint density at radius 1 is 1.17 bits per heavy atom. The summed E-state index contributed by atoms with van der Waals surface area (Å²) in [5.74, 6) is -0.392. The van der Waals surface area contributed by atoms with E-state index in [1.54, 1.807) is 11.3 Å². The summed E-state index contributed by atoms with van der Waals surface area (Å²) in [5, 5.41) is 16.3. The number of aryl methyl sites for hydroxylation is 1. The van der Waals surface area contributed by atoms with E-state index in [1.165, 1.54) is 12.3 Å². The van der Waals surface area contributed by atoms with E-state index >= 15 is 0 Å². The number of nitrogens with one attached hydrogen (secondary N) is 1. The molecule has 1 saturated heterocycles. The molecule has 1 amide bonds. The van der Waals surface area contributed by atoms with Gasteiger partial charge in [0.15, 0.2) is 0 Å². The van der Waals surface area contributed by atoms with Gasteiger partial charge in [-0.2, -0.15) is 16.6 Å². The van der Waals surface area contributed by atoms with Crippen molar-refractivity contribution < 1.29 is 9.21 Å². The van der Waals surface area contributed by atoms with Gasteiger partial charge in [0.05, 0.1) is 6.26 Å². The van der Waals surface area contributed by atoms with Gasteiger partial charge in [-0.3, -0.25) is 4.79 Å². The van der Waals surface area contributed by atoms with Crippen LogP contribution < -0.4 is 10.2 Å². The monoisotopic (exact) mass is 406 g/mol. The lowest BCUT2D eigenvalue weighted by atomic mass is 10.0. The zero-order chi connectivity index (χ0) is 20.4. The number of furan rings is 1. The van der Waals surface area contributed by atoms with Crippen LogP contribution in [0.1, 0.15) is 21.7 Å². The Hall–Kier alpha value is -3.08. The first-order valence-electron chi connectivity index (χ1n) is 9.46. The second kappa shape index (κ2) is 8.11. The molecule has 0 atom stereocenters. The van der Waals surface area contributed by atoms with Crippen LogP contribution in [-0.4, -0.2) is 44.0 Å². The van der Waals surface area contributed by atoms with Crippen LogP contribution in [0.5, 0.6) is 0 Å². The second-order valence-corrected chi connectivity index (χ2v) is 7.96. The highest BCUT2D eigenvalue weighted by Gasteiger charge is 2.20. The molecule has 1 fully saturated rings. The SMILES string of the molecule is Cc1cscc1-c1cc(N2CCN(C)CC2)ccc1NC(=O)c1occc1C#N. The number of thiophene rings is 1. The Morgan fingerprint density at radius 2 is 1.97 bits per heavy atom. The minimum Gasteiger partial charge on any atom is -0.458 e. The summed E-state index contributed by atoms with van der Waals surface area (Å²) in [5.41, 5.74) is 5.31. The quantitative estimate of drug-likeness (QED) is 0.703. The molecular formula is C22H22N4O2S. The number of carbonyl (C=O) groups is 1. The maximum absolute atomic E-state index is 12.7. The van der Waals surface area contributed by atoms with Crippen molar-refractivity contribution in [1.29, 1.82) is 5.26 Å². The number of hydrogen-bond donors (Lipinski definition) is 1. The Labute approximate surface area is 174 Å². The lowest BCUT2D eigenvalue weighted by Crippen LogP contribution is -2.44. The van der Waals surface area contributed by atoms with Gasteiger partial charge in [-0.1, -0.05) is 0 Å². The first-order chi connectivity index (χ1) is 14.1. The van der Waals surface area contributed by atoms with E-state index in [2.05, 4.69) is 45.9 Å². The van der Waals surface area contributed by atoms with E-state index in [9.17, 15) is 4.79 Å². The lowest BCUT2D eigenvalue weighted by molar-refractivity contribution is 0.0996. The third-order valence-corrected chi connectivity index (χ3v) is 6.12. The Bertz CT molecular complexity index is 1070. The van der Waals surface area contributed by atoms with Crippen molar-refractivity contribution in [2.75, 3.05) is 43.4 Å². The Morgan fingerprint density at radius 3 is 2.66 bits per heavy atom. The van der Waals surface area contributed by atoms with Crippen LogP contribution in [0.3, 0.4) is 0 Å². The minimum atomic E-state index is -0.423. The third kappa shape index (κ3) is 3.90. The number of likely N-dealkylation sites (N-methyl/N-ethyl adjacent to an activating group) is 1. The smallest absolute Gasteiger partial charge is 0.292 e. The van der Waals surface area contributed by atoms with Crippen molar-refractivity contribution >= 4 is 28.6 Å². The molecule has 0 spiro atoms. The van der Waals surface area contributed by atoms with Crippen LogP contribution in [0.4, 0.5) is 11.4 Å². The van der Waals surface area contributed by atoms with E-state index in [0.717, 1.165) is 48.6 Å². The molecule has 1 aliphatic heterocycles. The Balaban J connectivity index is 1.69. The average molecular weight is 407 g/mol. The standard InChI is InChI=1S/C22H22N4O2S/c1-15-13-29-14-19(15)18-11-17(26-8-6-25(2)7-9-26)3-4-20(18)24-22(27)21-16(12-23)5-10-28-21/h3-5,10-11,13-14H,6-9H2,1-2H3,(H,24,27). The highest BCUT2D eigenvalue weighted by molar-refractivity contribution is 7.08. The molecule has 1 aromatic carbocycles. The maximum Gasteiger partial charge on any atom is 0.292 e. The molecule has 0 bridgehead atoms. The number of piperazine rings is 1.